The molecular weight excluding hydrogens is 330 g/mol. The second-order valence-electron chi connectivity index (χ2n) is 4.89. The van der Waals surface area contributed by atoms with Gasteiger partial charge in [-0.05, 0) is 24.3 Å². The van der Waals surface area contributed by atoms with Crippen molar-refractivity contribution in [3.63, 3.8) is 0 Å². The molecule has 0 aliphatic carbocycles. The predicted molar refractivity (Wildman–Crippen MR) is 87.8 cm³/mol. The van der Waals surface area contributed by atoms with Crippen LogP contribution in [0.25, 0.3) is 5.69 Å². The van der Waals surface area contributed by atoms with Crippen LogP contribution in [-0.2, 0) is 10.0 Å². The lowest BCUT2D eigenvalue weighted by atomic mass is 10.3. The van der Waals surface area contributed by atoms with Crippen LogP contribution in [0.3, 0.4) is 0 Å². The first-order chi connectivity index (χ1) is 11.5. The van der Waals surface area contributed by atoms with Crippen molar-refractivity contribution in [3.8, 4) is 5.69 Å². The molecule has 0 amide bonds. The van der Waals surface area contributed by atoms with E-state index in [1.807, 2.05) is 0 Å². The minimum atomic E-state index is -3.86. The molecule has 0 bridgehead atoms. The third kappa shape index (κ3) is 3.13. The van der Waals surface area contributed by atoms with Crippen LogP contribution in [0.5, 0.6) is 0 Å². The number of nitrogens with one attached hydrogen (secondary N) is 1. The zero-order valence-electron chi connectivity index (χ0n) is 12.3. The van der Waals surface area contributed by atoms with Gasteiger partial charge in [0, 0.05) is 6.07 Å². The van der Waals surface area contributed by atoms with Crippen LogP contribution in [-0.4, -0.2) is 29.3 Å². The van der Waals surface area contributed by atoms with Crippen molar-refractivity contribution in [3.05, 3.63) is 72.4 Å². The molecule has 3 aromatic rings. The summed E-state index contributed by atoms with van der Waals surface area (Å²) in [7, 11) is -3.86. The summed E-state index contributed by atoms with van der Waals surface area (Å²) in [5.74, 6) is -1.20. The summed E-state index contributed by atoms with van der Waals surface area (Å²) in [6, 6.07) is 17.6. The highest BCUT2D eigenvalue weighted by atomic mass is 32.2. The fourth-order valence-corrected chi connectivity index (χ4v) is 3.17. The molecule has 2 aromatic carbocycles. The van der Waals surface area contributed by atoms with Gasteiger partial charge in [0.2, 0.25) is 0 Å². The Morgan fingerprint density at radius 3 is 2.17 bits per heavy atom. The number of sulfonamides is 1. The van der Waals surface area contributed by atoms with E-state index in [4.69, 9.17) is 5.11 Å². The Labute approximate surface area is 138 Å². The van der Waals surface area contributed by atoms with Crippen LogP contribution in [0.2, 0.25) is 0 Å². The van der Waals surface area contributed by atoms with Crippen LogP contribution >= 0.6 is 0 Å². The molecule has 0 aliphatic heterocycles. The fourth-order valence-electron chi connectivity index (χ4n) is 2.12. The highest BCUT2D eigenvalue weighted by Gasteiger charge is 2.20. The zero-order valence-corrected chi connectivity index (χ0v) is 13.1. The Kier molecular flexibility index (Phi) is 4.05. The number of carboxylic acid groups (broad SMARTS) is 1. The van der Waals surface area contributed by atoms with Crippen molar-refractivity contribution in [2.24, 2.45) is 0 Å². The predicted octanol–water partition coefficient (Wildman–Crippen LogP) is 2.37. The number of hydrogen-bond acceptors (Lipinski definition) is 4. The molecule has 1 heterocycles. The number of carbonyl (C=O) groups is 1. The minimum Gasteiger partial charge on any atom is -0.476 e. The highest BCUT2D eigenvalue weighted by molar-refractivity contribution is 7.92. The lowest BCUT2D eigenvalue weighted by molar-refractivity contribution is 0.0690. The standard InChI is InChI=1S/C16H13N3O4S/c20-16(21)14-11-15(19(17-14)12-7-3-1-4-8-12)18-24(22,23)13-9-5-2-6-10-13/h1-11,18H,(H,20,21). The van der Waals surface area contributed by atoms with Crippen LogP contribution in [0.4, 0.5) is 5.82 Å². The molecule has 0 fully saturated rings. The SMILES string of the molecule is O=C(O)c1cc(NS(=O)(=O)c2ccccc2)n(-c2ccccc2)n1. The van der Waals surface area contributed by atoms with E-state index in [0.29, 0.717) is 5.69 Å². The summed E-state index contributed by atoms with van der Waals surface area (Å²) in [5, 5.41) is 13.1. The van der Waals surface area contributed by atoms with Gasteiger partial charge in [-0.3, -0.25) is 4.72 Å². The molecule has 0 spiro atoms. The maximum Gasteiger partial charge on any atom is 0.356 e. The first-order valence-corrected chi connectivity index (χ1v) is 8.42. The first kappa shape index (κ1) is 15.8. The van der Waals surface area contributed by atoms with Crippen molar-refractivity contribution < 1.29 is 18.3 Å². The molecule has 3 rings (SSSR count). The third-order valence-corrected chi connectivity index (χ3v) is 4.59. The van der Waals surface area contributed by atoms with E-state index in [9.17, 15) is 13.2 Å². The largest absolute Gasteiger partial charge is 0.476 e. The second kappa shape index (κ2) is 6.17. The normalized spacial score (nSPS) is 11.2. The third-order valence-electron chi connectivity index (χ3n) is 3.22. The lowest BCUT2D eigenvalue weighted by Crippen LogP contribution is -2.15. The van der Waals surface area contributed by atoms with E-state index >= 15 is 0 Å². The molecule has 0 saturated heterocycles. The maximum atomic E-state index is 12.5. The summed E-state index contributed by atoms with van der Waals surface area (Å²) < 4.78 is 28.6. The maximum absolute atomic E-state index is 12.5. The molecule has 7 nitrogen and oxygen atoms in total. The van der Waals surface area contributed by atoms with Crippen LogP contribution in [0, 0.1) is 0 Å². The Morgan fingerprint density at radius 2 is 1.58 bits per heavy atom. The van der Waals surface area contributed by atoms with E-state index < -0.39 is 16.0 Å². The van der Waals surface area contributed by atoms with Crippen molar-refractivity contribution in [1.29, 1.82) is 0 Å². The molecule has 1 aromatic heterocycles. The van der Waals surface area contributed by atoms with Gasteiger partial charge in [0.15, 0.2) is 5.69 Å². The van der Waals surface area contributed by atoms with Crippen molar-refractivity contribution >= 4 is 21.8 Å². The van der Waals surface area contributed by atoms with E-state index in [1.165, 1.54) is 22.9 Å². The number of hydrogen-bond donors (Lipinski definition) is 2. The Bertz CT molecular complexity index is 967. The molecule has 122 valence electrons. The average molecular weight is 343 g/mol. The molecule has 0 unspecified atom stereocenters. The summed E-state index contributed by atoms with van der Waals surface area (Å²) in [6.45, 7) is 0. The lowest BCUT2D eigenvalue weighted by Gasteiger charge is -2.10. The van der Waals surface area contributed by atoms with Crippen molar-refractivity contribution in [2.45, 2.75) is 4.90 Å². The molecule has 24 heavy (non-hydrogen) atoms. The summed E-state index contributed by atoms with van der Waals surface area (Å²) in [6.07, 6.45) is 0. The first-order valence-electron chi connectivity index (χ1n) is 6.94. The zero-order chi connectivity index (χ0) is 17.2. The Morgan fingerprint density at radius 1 is 1.00 bits per heavy atom. The van der Waals surface area contributed by atoms with E-state index in [-0.39, 0.29) is 16.4 Å². The van der Waals surface area contributed by atoms with Gasteiger partial charge in [-0.1, -0.05) is 36.4 Å². The molecule has 0 aliphatic rings. The van der Waals surface area contributed by atoms with E-state index in [0.717, 1.165) is 0 Å². The second-order valence-corrected chi connectivity index (χ2v) is 6.57. The van der Waals surface area contributed by atoms with Gasteiger partial charge in [-0.25, -0.2) is 17.9 Å². The van der Waals surface area contributed by atoms with Crippen molar-refractivity contribution in [2.75, 3.05) is 4.72 Å². The Hall–Kier alpha value is -3.13. The summed E-state index contributed by atoms with van der Waals surface area (Å²) in [5.41, 5.74) is 0.278. The van der Waals surface area contributed by atoms with Gasteiger partial charge < -0.3 is 5.11 Å². The number of para-hydroxylation sites is 1. The molecule has 2 N–H and O–H groups in total. The summed E-state index contributed by atoms with van der Waals surface area (Å²) >= 11 is 0. The Balaban J connectivity index is 2.06. The molecule has 0 saturated carbocycles. The van der Waals surface area contributed by atoms with Gasteiger partial charge in [0.05, 0.1) is 10.6 Å². The van der Waals surface area contributed by atoms with Gasteiger partial charge in [-0.15, -0.1) is 0 Å². The number of aromatic carboxylic acids is 1. The van der Waals surface area contributed by atoms with Gasteiger partial charge >= 0.3 is 5.97 Å². The van der Waals surface area contributed by atoms with Gasteiger partial charge in [-0.2, -0.15) is 5.10 Å². The number of rotatable bonds is 5. The van der Waals surface area contributed by atoms with Crippen LogP contribution < -0.4 is 4.72 Å². The van der Waals surface area contributed by atoms with E-state index in [1.54, 1.807) is 48.5 Å². The number of nitrogens with zero attached hydrogens (tertiary/aromatic N) is 2. The smallest absolute Gasteiger partial charge is 0.356 e. The van der Waals surface area contributed by atoms with Crippen molar-refractivity contribution in [1.82, 2.24) is 9.78 Å². The number of benzene rings is 2. The minimum absolute atomic E-state index is 0.0439. The number of anilines is 1. The fraction of sp³-hybridized carbons (Fsp3) is 0. The quantitative estimate of drug-likeness (QED) is 0.740. The topological polar surface area (TPSA) is 101 Å². The molecule has 8 heteroatoms. The molecular formula is C16H13N3O4S. The van der Waals surface area contributed by atoms with Gasteiger partial charge in [0.25, 0.3) is 10.0 Å². The summed E-state index contributed by atoms with van der Waals surface area (Å²) in [4.78, 5) is 11.3. The highest BCUT2D eigenvalue weighted by Crippen LogP contribution is 2.21. The van der Waals surface area contributed by atoms with Crippen LogP contribution in [0.15, 0.2) is 71.6 Å². The molecule has 0 atom stereocenters. The van der Waals surface area contributed by atoms with Gasteiger partial charge in [0.1, 0.15) is 5.82 Å². The average Bonchev–Trinajstić information content (AvgIpc) is 3.00. The number of aromatic nitrogens is 2. The monoisotopic (exact) mass is 343 g/mol. The number of carboxylic acids is 1. The molecule has 0 radical (unpaired) electrons. The van der Waals surface area contributed by atoms with Crippen LogP contribution in [0.1, 0.15) is 10.5 Å². The van der Waals surface area contributed by atoms with E-state index in [2.05, 4.69) is 9.82 Å².